The van der Waals surface area contributed by atoms with Gasteiger partial charge in [-0.3, -0.25) is 0 Å². The first-order valence-electron chi connectivity index (χ1n) is 3.78. The summed E-state index contributed by atoms with van der Waals surface area (Å²) in [5.74, 6) is 0.131. The average molecular weight is 250 g/mol. The molecule has 1 rings (SSSR count). The molecule has 4 heteroatoms. The van der Waals surface area contributed by atoms with Gasteiger partial charge in [0.05, 0.1) is 9.89 Å². The summed E-state index contributed by atoms with van der Waals surface area (Å²) < 4.78 is 1.09. The summed E-state index contributed by atoms with van der Waals surface area (Å²) >= 11 is 5.02. The van der Waals surface area contributed by atoms with Gasteiger partial charge in [-0.2, -0.15) is 0 Å². The van der Waals surface area contributed by atoms with Gasteiger partial charge in [0.25, 0.3) is 0 Å². The Hall–Kier alpha value is 0.1000. The number of nitrogens with two attached hydrogens (primary N) is 1. The van der Waals surface area contributed by atoms with E-state index in [1.165, 1.54) is 4.88 Å². The lowest BCUT2D eigenvalue weighted by Crippen LogP contribution is -2.24. The van der Waals surface area contributed by atoms with Crippen LogP contribution in [0.25, 0.3) is 0 Å². The van der Waals surface area contributed by atoms with Gasteiger partial charge < -0.3 is 10.8 Å². The third-order valence-corrected chi connectivity index (χ3v) is 3.69. The van der Waals surface area contributed by atoms with E-state index in [9.17, 15) is 5.11 Å². The molecule has 0 saturated heterocycles. The lowest BCUT2D eigenvalue weighted by molar-refractivity contribution is 0.159. The van der Waals surface area contributed by atoms with Crippen LogP contribution in [0.15, 0.2) is 15.9 Å². The molecule has 0 radical (unpaired) electrons. The maximum absolute atomic E-state index is 9.46. The number of hydrogen-bond acceptors (Lipinski definition) is 3. The van der Waals surface area contributed by atoms with Crippen molar-refractivity contribution >= 4 is 27.3 Å². The number of aliphatic hydroxyl groups is 1. The molecule has 12 heavy (non-hydrogen) atoms. The second kappa shape index (κ2) is 4.37. The molecule has 2 nitrogen and oxygen atoms in total. The van der Waals surface area contributed by atoms with Gasteiger partial charge in [0, 0.05) is 17.3 Å². The topological polar surface area (TPSA) is 46.2 Å². The van der Waals surface area contributed by atoms with Crippen molar-refractivity contribution in [1.82, 2.24) is 0 Å². The van der Waals surface area contributed by atoms with Crippen LogP contribution >= 0.6 is 27.3 Å². The molecule has 2 unspecified atom stereocenters. The summed E-state index contributed by atoms with van der Waals surface area (Å²) in [6.07, 6.45) is -0.435. The highest BCUT2D eigenvalue weighted by atomic mass is 79.9. The fourth-order valence-electron chi connectivity index (χ4n) is 0.967. The SMILES string of the molecule is CC(c1ccc(Br)s1)C(O)CN. The fourth-order valence-corrected chi connectivity index (χ4v) is 2.50. The van der Waals surface area contributed by atoms with Crippen LogP contribution in [0.5, 0.6) is 0 Å². The zero-order valence-corrected chi connectivity index (χ0v) is 9.23. The number of rotatable bonds is 3. The molecule has 0 fully saturated rings. The Kier molecular flexibility index (Phi) is 3.71. The minimum atomic E-state index is -0.435. The van der Waals surface area contributed by atoms with E-state index in [2.05, 4.69) is 15.9 Å². The Morgan fingerprint density at radius 3 is 2.75 bits per heavy atom. The zero-order chi connectivity index (χ0) is 9.14. The van der Waals surface area contributed by atoms with E-state index in [1.54, 1.807) is 11.3 Å². The van der Waals surface area contributed by atoms with Gasteiger partial charge in [-0.1, -0.05) is 6.92 Å². The monoisotopic (exact) mass is 249 g/mol. The highest BCUT2D eigenvalue weighted by molar-refractivity contribution is 9.11. The third-order valence-electron chi connectivity index (χ3n) is 1.86. The van der Waals surface area contributed by atoms with E-state index < -0.39 is 6.10 Å². The maximum atomic E-state index is 9.46. The summed E-state index contributed by atoms with van der Waals surface area (Å²) in [4.78, 5) is 1.17. The molecule has 0 aliphatic rings. The van der Waals surface area contributed by atoms with Crippen molar-refractivity contribution in [2.75, 3.05) is 6.54 Å². The van der Waals surface area contributed by atoms with E-state index in [-0.39, 0.29) is 5.92 Å². The standard InChI is InChI=1S/C8H12BrNOS/c1-5(6(11)4-10)7-2-3-8(9)12-7/h2-3,5-6,11H,4,10H2,1H3. The van der Waals surface area contributed by atoms with Crippen LogP contribution < -0.4 is 5.73 Å². The molecular weight excluding hydrogens is 238 g/mol. The van der Waals surface area contributed by atoms with Gasteiger partial charge in [0.2, 0.25) is 0 Å². The van der Waals surface area contributed by atoms with Crippen molar-refractivity contribution in [2.45, 2.75) is 18.9 Å². The summed E-state index contributed by atoms with van der Waals surface area (Å²) in [6, 6.07) is 4.00. The molecule has 0 aromatic carbocycles. The predicted octanol–water partition coefficient (Wildman–Crippen LogP) is 1.93. The minimum absolute atomic E-state index is 0.131. The summed E-state index contributed by atoms with van der Waals surface area (Å²) in [7, 11) is 0. The van der Waals surface area contributed by atoms with E-state index >= 15 is 0 Å². The van der Waals surface area contributed by atoms with Gasteiger partial charge in [-0.15, -0.1) is 11.3 Å². The molecule has 2 atom stereocenters. The van der Waals surface area contributed by atoms with E-state index in [0.717, 1.165) is 3.79 Å². The van der Waals surface area contributed by atoms with Crippen molar-refractivity contribution in [3.8, 4) is 0 Å². The van der Waals surface area contributed by atoms with Crippen molar-refractivity contribution in [3.63, 3.8) is 0 Å². The summed E-state index contributed by atoms with van der Waals surface area (Å²) in [5.41, 5.74) is 5.36. The number of aliphatic hydroxyl groups excluding tert-OH is 1. The normalized spacial score (nSPS) is 16.0. The van der Waals surface area contributed by atoms with Crippen LogP contribution in [0.2, 0.25) is 0 Å². The first kappa shape index (κ1) is 10.2. The minimum Gasteiger partial charge on any atom is -0.391 e. The van der Waals surface area contributed by atoms with E-state index in [1.807, 2.05) is 19.1 Å². The number of thiophene rings is 1. The third kappa shape index (κ3) is 2.29. The van der Waals surface area contributed by atoms with Crippen molar-refractivity contribution < 1.29 is 5.11 Å². The van der Waals surface area contributed by atoms with Crippen LogP contribution in [0.3, 0.4) is 0 Å². The van der Waals surface area contributed by atoms with Crippen molar-refractivity contribution in [3.05, 3.63) is 20.8 Å². The molecule has 1 aromatic heterocycles. The smallest absolute Gasteiger partial charge is 0.0736 e. The molecule has 3 N–H and O–H groups in total. The van der Waals surface area contributed by atoms with Gasteiger partial charge in [0.1, 0.15) is 0 Å². The van der Waals surface area contributed by atoms with Crippen molar-refractivity contribution in [2.24, 2.45) is 5.73 Å². The molecule has 0 spiro atoms. The molecule has 68 valence electrons. The number of hydrogen-bond donors (Lipinski definition) is 2. The number of halogens is 1. The van der Waals surface area contributed by atoms with Gasteiger partial charge in [-0.25, -0.2) is 0 Å². The second-order valence-corrected chi connectivity index (χ2v) is 5.23. The van der Waals surface area contributed by atoms with Gasteiger partial charge >= 0.3 is 0 Å². The molecule has 1 aromatic rings. The molecule has 0 aliphatic carbocycles. The first-order valence-corrected chi connectivity index (χ1v) is 5.39. The van der Waals surface area contributed by atoms with Crippen LogP contribution in [-0.2, 0) is 0 Å². The van der Waals surface area contributed by atoms with Gasteiger partial charge in [-0.05, 0) is 28.1 Å². The predicted molar refractivity (Wildman–Crippen MR) is 55.5 cm³/mol. The van der Waals surface area contributed by atoms with Crippen molar-refractivity contribution in [1.29, 1.82) is 0 Å². The van der Waals surface area contributed by atoms with Crippen LogP contribution in [0.1, 0.15) is 17.7 Å². The Balaban J connectivity index is 2.70. The Bertz CT molecular complexity index is 251. The molecule has 1 heterocycles. The van der Waals surface area contributed by atoms with Gasteiger partial charge in [0.15, 0.2) is 0 Å². The molecule has 0 amide bonds. The highest BCUT2D eigenvalue weighted by Gasteiger charge is 2.15. The highest BCUT2D eigenvalue weighted by Crippen LogP contribution is 2.29. The van der Waals surface area contributed by atoms with Crippen LogP contribution in [-0.4, -0.2) is 17.8 Å². The summed E-state index contributed by atoms with van der Waals surface area (Å²) in [6.45, 7) is 2.30. The molecule has 0 bridgehead atoms. The summed E-state index contributed by atoms with van der Waals surface area (Å²) in [5, 5.41) is 9.46. The first-order chi connectivity index (χ1) is 5.65. The van der Waals surface area contributed by atoms with E-state index in [4.69, 9.17) is 5.73 Å². The Morgan fingerprint density at radius 2 is 2.33 bits per heavy atom. The Labute approximate surface area is 84.5 Å². The Morgan fingerprint density at radius 1 is 1.67 bits per heavy atom. The van der Waals surface area contributed by atoms with Crippen LogP contribution in [0, 0.1) is 0 Å². The fraction of sp³-hybridized carbons (Fsp3) is 0.500. The second-order valence-electron chi connectivity index (χ2n) is 2.73. The quantitative estimate of drug-likeness (QED) is 0.861. The zero-order valence-electron chi connectivity index (χ0n) is 6.83. The van der Waals surface area contributed by atoms with Crippen LogP contribution in [0.4, 0.5) is 0 Å². The molecule has 0 aliphatic heterocycles. The maximum Gasteiger partial charge on any atom is 0.0736 e. The largest absolute Gasteiger partial charge is 0.391 e. The van der Waals surface area contributed by atoms with E-state index in [0.29, 0.717) is 6.54 Å². The lowest BCUT2D eigenvalue weighted by atomic mass is 10.0. The molecular formula is C8H12BrNOS. The molecule has 0 saturated carbocycles. The average Bonchev–Trinajstić information content (AvgIpc) is 2.49. The lowest BCUT2D eigenvalue weighted by Gasteiger charge is -2.14.